The van der Waals surface area contributed by atoms with E-state index in [1.54, 1.807) is 11.9 Å². The molecule has 1 aliphatic rings. The molecule has 0 N–H and O–H groups in total. The Morgan fingerprint density at radius 2 is 1.97 bits per heavy atom. The first-order valence-corrected chi connectivity index (χ1v) is 13.0. The number of ether oxygens (including phenoxy) is 1. The van der Waals surface area contributed by atoms with Crippen molar-refractivity contribution in [2.45, 2.75) is 24.5 Å². The minimum absolute atomic E-state index is 0.0462. The van der Waals surface area contributed by atoms with Crippen LogP contribution >= 0.6 is 11.8 Å². The summed E-state index contributed by atoms with van der Waals surface area (Å²) in [4.78, 5) is 19.0. The van der Waals surface area contributed by atoms with Crippen molar-refractivity contribution in [3.8, 4) is 11.4 Å². The lowest BCUT2D eigenvalue weighted by molar-refractivity contribution is -0.128. The molecule has 1 fully saturated rings. The third kappa shape index (κ3) is 4.72. The summed E-state index contributed by atoms with van der Waals surface area (Å²) in [6.07, 6.45) is 0.500. The SMILES string of the molecule is CCOc1ccc(-n2c(SCC(=O)N(C)[C@H]3CCS(=O)(=O)C3)nc3ccccc32)cc1. The largest absolute Gasteiger partial charge is 0.494 e. The van der Waals surface area contributed by atoms with E-state index < -0.39 is 9.84 Å². The molecule has 0 bridgehead atoms. The topological polar surface area (TPSA) is 81.5 Å². The van der Waals surface area contributed by atoms with Crippen molar-refractivity contribution in [1.29, 1.82) is 0 Å². The van der Waals surface area contributed by atoms with E-state index in [1.807, 2.05) is 60.0 Å². The number of hydrogen-bond acceptors (Lipinski definition) is 6. The second-order valence-electron chi connectivity index (χ2n) is 7.50. The van der Waals surface area contributed by atoms with E-state index in [-0.39, 0.29) is 29.2 Å². The first-order chi connectivity index (χ1) is 14.9. The van der Waals surface area contributed by atoms with Crippen LogP contribution in [0, 0.1) is 0 Å². The van der Waals surface area contributed by atoms with Gasteiger partial charge in [-0.25, -0.2) is 13.4 Å². The van der Waals surface area contributed by atoms with Crippen molar-refractivity contribution in [2.75, 3.05) is 30.9 Å². The number of hydrogen-bond donors (Lipinski definition) is 0. The molecule has 4 rings (SSSR count). The van der Waals surface area contributed by atoms with Gasteiger partial charge < -0.3 is 9.64 Å². The van der Waals surface area contributed by atoms with Gasteiger partial charge >= 0.3 is 0 Å². The number of aromatic nitrogens is 2. The molecule has 9 heteroatoms. The van der Waals surface area contributed by atoms with E-state index >= 15 is 0 Å². The molecule has 0 spiro atoms. The van der Waals surface area contributed by atoms with Crippen LogP contribution in [-0.2, 0) is 14.6 Å². The van der Waals surface area contributed by atoms with Crippen LogP contribution in [-0.4, -0.2) is 65.7 Å². The van der Waals surface area contributed by atoms with Crippen LogP contribution < -0.4 is 4.74 Å². The molecule has 7 nitrogen and oxygen atoms in total. The van der Waals surface area contributed by atoms with Crippen molar-refractivity contribution in [1.82, 2.24) is 14.5 Å². The molecule has 1 amide bonds. The van der Waals surface area contributed by atoms with E-state index in [4.69, 9.17) is 9.72 Å². The van der Waals surface area contributed by atoms with Gasteiger partial charge in [0.15, 0.2) is 15.0 Å². The van der Waals surface area contributed by atoms with E-state index in [2.05, 4.69) is 0 Å². The molecule has 164 valence electrons. The average Bonchev–Trinajstić information content (AvgIpc) is 3.32. The van der Waals surface area contributed by atoms with Gasteiger partial charge in [-0.05, 0) is 49.7 Å². The fourth-order valence-electron chi connectivity index (χ4n) is 3.72. The number of carbonyl (C=O) groups is 1. The molecular formula is C22H25N3O4S2. The third-order valence-electron chi connectivity index (χ3n) is 5.41. The number of fused-ring (bicyclic) bond motifs is 1. The fraction of sp³-hybridized carbons (Fsp3) is 0.364. The molecule has 0 saturated carbocycles. The Labute approximate surface area is 186 Å². The van der Waals surface area contributed by atoms with E-state index in [1.165, 1.54) is 11.8 Å². The minimum atomic E-state index is -3.04. The van der Waals surface area contributed by atoms with Gasteiger partial charge in [0.2, 0.25) is 5.91 Å². The van der Waals surface area contributed by atoms with Gasteiger partial charge in [0.05, 0.1) is 34.9 Å². The fourth-order valence-corrected chi connectivity index (χ4v) is 6.45. The van der Waals surface area contributed by atoms with Crippen molar-refractivity contribution in [3.05, 3.63) is 48.5 Å². The van der Waals surface area contributed by atoms with E-state index in [0.29, 0.717) is 18.2 Å². The zero-order valence-corrected chi connectivity index (χ0v) is 19.2. The predicted molar refractivity (Wildman–Crippen MR) is 123 cm³/mol. The highest BCUT2D eigenvalue weighted by Gasteiger charge is 2.32. The molecule has 2 aromatic carbocycles. The number of para-hydroxylation sites is 2. The number of thioether (sulfide) groups is 1. The number of amides is 1. The van der Waals surface area contributed by atoms with Gasteiger partial charge in [-0.3, -0.25) is 9.36 Å². The molecule has 1 aliphatic heterocycles. The number of carbonyl (C=O) groups excluding carboxylic acids is 1. The highest BCUT2D eigenvalue weighted by molar-refractivity contribution is 7.99. The van der Waals surface area contributed by atoms with Gasteiger partial charge in [0, 0.05) is 18.8 Å². The number of nitrogens with zero attached hydrogens (tertiary/aromatic N) is 3. The molecule has 0 aliphatic carbocycles. The Hall–Kier alpha value is -2.52. The quantitative estimate of drug-likeness (QED) is 0.505. The molecular weight excluding hydrogens is 434 g/mol. The van der Waals surface area contributed by atoms with Crippen LogP contribution in [0.2, 0.25) is 0 Å². The maximum atomic E-state index is 12.8. The summed E-state index contributed by atoms with van der Waals surface area (Å²) in [7, 11) is -1.35. The number of sulfone groups is 1. The van der Waals surface area contributed by atoms with Crippen molar-refractivity contribution in [2.24, 2.45) is 0 Å². The van der Waals surface area contributed by atoms with Gasteiger partial charge in [0.25, 0.3) is 0 Å². The Kier molecular flexibility index (Phi) is 6.24. The predicted octanol–water partition coefficient (Wildman–Crippen LogP) is 3.16. The van der Waals surface area contributed by atoms with Gasteiger partial charge in [-0.2, -0.15) is 0 Å². The Bertz CT molecular complexity index is 1190. The zero-order valence-electron chi connectivity index (χ0n) is 17.5. The van der Waals surface area contributed by atoms with Crippen molar-refractivity contribution < 1.29 is 17.9 Å². The summed E-state index contributed by atoms with van der Waals surface area (Å²) >= 11 is 1.36. The van der Waals surface area contributed by atoms with E-state index in [9.17, 15) is 13.2 Å². The molecule has 0 unspecified atom stereocenters. The molecule has 2 heterocycles. The maximum Gasteiger partial charge on any atom is 0.233 e. The summed E-state index contributed by atoms with van der Waals surface area (Å²) in [5.74, 6) is 1.08. The third-order valence-corrected chi connectivity index (χ3v) is 8.08. The van der Waals surface area contributed by atoms with Crippen LogP contribution in [0.5, 0.6) is 5.75 Å². The first-order valence-electron chi connectivity index (χ1n) is 10.2. The summed E-state index contributed by atoms with van der Waals surface area (Å²) in [6, 6.07) is 15.4. The van der Waals surface area contributed by atoms with Crippen LogP contribution in [0.15, 0.2) is 53.7 Å². The Balaban J connectivity index is 1.56. The minimum Gasteiger partial charge on any atom is -0.494 e. The number of rotatable bonds is 7. The second kappa shape index (κ2) is 8.92. The van der Waals surface area contributed by atoms with Gasteiger partial charge in [-0.15, -0.1) is 0 Å². The summed E-state index contributed by atoms with van der Waals surface area (Å²) in [5, 5.41) is 0.714. The normalized spacial score (nSPS) is 17.7. The van der Waals surface area contributed by atoms with E-state index in [0.717, 1.165) is 22.5 Å². The second-order valence-corrected chi connectivity index (χ2v) is 10.7. The maximum absolute atomic E-state index is 12.8. The number of imidazole rings is 1. The lowest BCUT2D eigenvalue weighted by Crippen LogP contribution is -2.38. The van der Waals surface area contributed by atoms with Crippen LogP contribution in [0.3, 0.4) is 0 Å². The summed E-state index contributed by atoms with van der Waals surface area (Å²) in [6.45, 7) is 2.55. The standard InChI is InChI=1S/C22H25N3O4S2/c1-3-29-18-10-8-16(9-11-18)25-20-7-5-4-6-19(20)23-22(25)30-14-21(26)24(2)17-12-13-31(27,28)15-17/h4-11,17H,3,12-15H2,1-2H3/t17-/m0/s1. The molecule has 1 atom stereocenters. The molecule has 3 aromatic rings. The highest BCUT2D eigenvalue weighted by Crippen LogP contribution is 2.29. The smallest absolute Gasteiger partial charge is 0.233 e. The monoisotopic (exact) mass is 459 g/mol. The lowest BCUT2D eigenvalue weighted by Gasteiger charge is -2.23. The van der Waals surface area contributed by atoms with Gasteiger partial charge in [-0.1, -0.05) is 23.9 Å². The molecule has 0 radical (unpaired) electrons. The van der Waals surface area contributed by atoms with Crippen molar-refractivity contribution in [3.63, 3.8) is 0 Å². The molecule has 31 heavy (non-hydrogen) atoms. The van der Waals surface area contributed by atoms with Crippen LogP contribution in [0.25, 0.3) is 16.7 Å². The van der Waals surface area contributed by atoms with Crippen LogP contribution in [0.4, 0.5) is 0 Å². The summed E-state index contributed by atoms with van der Waals surface area (Å²) in [5.41, 5.74) is 2.74. The Morgan fingerprint density at radius 1 is 1.23 bits per heavy atom. The van der Waals surface area contributed by atoms with Crippen molar-refractivity contribution >= 4 is 38.5 Å². The van der Waals surface area contributed by atoms with Crippen LogP contribution in [0.1, 0.15) is 13.3 Å². The highest BCUT2D eigenvalue weighted by atomic mass is 32.2. The Morgan fingerprint density at radius 3 is 2.65 bits per heavy atom. The van der Waals surface area contributed by atoms with Gasteiger partial charge in [0.1, 0.15) is 5.75 Å². The number of benzene rings is 2. The molecule has 1 saturated heterocycles. The summed E-state index contributed by atoms with van der Waals surface area (Å²) < 4.78 is 31.1. The zero-order chi connectivity index (χ0) is 22.0. The lowest BCUT2D eigenvalue weighted by atomic mass is 10.2. The first kappa shape index (κ1) is 21.7. The average molecular weight is 460 g/mol. The molecule has 1 aromatic heterocycles.